The molecule has 0 saturated carbocycles. The third-order valence-corrected chi connectivity index (χ3v) is 4.28. The number of pyridine rings is 1. The smallest absolute Gasteiger partial charge is 0.252 e. The number of likely N-dealkylation sites (tertiary alicyclic amines) is 1. The zero-order chi connectivity index (χ0) is 15.2. The second kappa shape index (κ2) is 7.90. The van der Waals surface area contributed by atoms with Crippen molar-refractivity contribution in [2.45, 2.75) is 26.7 Å². The van der Waals surface area contributed by atoms with Crippen molar-refractivity contribution < 1.29 is 4.79 Å². The maximum absolute atomic E-state index is 12.0. The molecule has 1 aliphatic rings. The molecular weight excluding hydrogens is 330 g/mol. The molecule has 0 bridgehead atoms. The molecule has 21 heavy (non-hydrogen) atoms. The highest BCUT2D eigenvalue weighted by molar-refractivity contribution is 9.10. The summed E-state index contributed by atoms with van der Waals surface area (Å²) < 4.78 is 0.825. The minimum Gasteiger partial charge on any atom is -0.352 e. The summed E-state index contributed by atoms with van der Waals surface area (Å²) in [7, 11) is 0. The van der Waals surface area contributed by atoms with Gasteiger partial charge in [0.25, 0.3) is 5.91 Å². The number of amides is 1. The number of hydrogen-bond donors (Lipinski definition) is 1. The maximum atomic E-state index is 12.0. The van der Waals surface area contributed by atoms with E-state index < -0.39 is 0 Å². The average Bonchev–Trinajstić information content (AvgIpc) is 2.42. The van der Waals surface area contributed by atoms with Crippen LogP contribution in [0.2, 0.25) is 0 Å². The van der Waals surface area contributed by atoms with Gasteiger partial charge in [-0.1, -0.05) is 13.8 Å². The Bertz CT molecular complexity index is 470. The van der Waals surface area contributed by atoms with Crippen LogP contribution in [0.1, 0.15) is 37.0 Å². The SMILES string of the molecule is C[C@@H]1C[C@@H](C)CN(CCCNC(=O)c2cncc(Br)c2)C1. The van der Waals surface area contributed by atoms with Gasteiger partial charge in [0.2, 0.25) is 0 Å². The summed E-state index contributed by atoms with van der Waals surface area (Å²) in [6.45, 7) is 8.80. The zero-order valence-electron chi connectivity index (χ0n) is 12.8. The lowest BCUT2D eigenvalue weighted by atomic mass is 9.92. The number of rotatable bonds is 5. The topological polar surface area (TPSA) is 45.2 Å². The van der Waals surface area contributed by atoms with Gasteiger partial charge >= 0.3 is 0 Å². The van der Waals surface area contributed by atoms with E-state index in [1.165, 1.54) is 19.5 Å². The van der Waals surface area contributed by atoms with E-state index >= 15 is 0 Å². The third kappa shape index (κ3) is 5.40. The fourth-order valence-corrected chi connectivity index (χ4v) is 3.48. The summed E-state index contributed by atoms with van der Waals surface area (Å²) in [6.07, 6.45) is 5.60. The van der Waals surface area contributed by atoms with Crippen LogP contribution in [0.25, 0.3) is 0 Å². The van der Waals surface area contributed by atoms with Crippen molar-refractivity contribution in [3.05, 3.63) is 28.5 Å². The molecule has 2 heterocycles. The summed E-state index contributed by atoms with van der Waals surface area (Å²) in [4.78, 5) is 18.5. The van der Waals surface area contributed by atoms with Gasteiger partial charge in [0.05, 0.1) is 5.56 Å². The minimum absolute atomic E-state index is 0.0517. The number of nitrogens with zero attached hydrogens (tertiary/aromatic N) is 2. The first-order chi connectivity index (χ1) is 10.0. The van der Waals surface area contributed by atoms with Crippen molar-refractivity contribution in [3.63, 3.8) is 0 Å². The highest BCUT2D eigenvalue weighted by Crippen LogP contribution is 2.20. The Labute approximate surface area is 135 Å². The molecule has 0 spiro atoms. The lowest BCUT2D eigenvalue weighted by Crippen LogP contribution is -2.40. The van der Waals surface area contributed by atoms with E-state index in [0.717, 1.165) is 29.3 Å². The number of nitrogens with one attached hydrogen (secondary N) is 1. The molecule has 4 nitrogen and oxygen atoms in total. The molecule has 0 unspecified atom stereocenters. The lowest BCUT2D eigenvalue weighted by molar-refractivity contribution is 0.0947. The summed E-state index contributed by atoms with van der Waals surface area (Å²) in [5.41, 5.74) is 0.601. The minimum atomic E-state index is -0.0517. The Morgan fingerprint density at radius 1 is 1.38 bits per heavy atom. The van der Waals surface area contributed by atoms with Gasteiger partial charge in [-0.2, -0.15) is 0 Å². The van der Waals surface area contributed by atoms with Crippen LogP contribution < -0.4 is 5.32 Å². The summed E-state index contributed by atoms with van der Waals surface area (Å²) in [6, 6.07) is 1.79. The Balaban J connectivity index is 1.69. The molecule has 2 rings (SSSR count). The van der Waals surface area contributed by atoms with E-state index in [2.05, 4.69) is 45.0 Å². The number of piperidine rings is 1. The van der Waals surface area contributed by atoms with Crippen molar-refractivity contribution in [1.82, 2.24) is 15.2 Å². The molecule has 2 atom stereocenters. The molecule has 1 aromatic rings. The fourth-order valence-electron chi connectivity index (χ4n) is 3.12. The molecular formula is C16H24BrN3O. The van der Waals surface area contributed by atoms with Crippen LogP contribution in [0, 0.1) is 11.8 Å². The van der Waals surface area contributed by atoms with Gasteiger partial charge in [-0.15, -0.1) is 0 Å². The van der Waals surface area contributed by atoms with Crippen LogP contribution >= 0.6 is 15.9 Å². The highest BCUT2D eigenvalue weighted by atomic mass is 79.9. The first kappa shape index (κ1) is 16.4. The molecule has 1 amide bonds. The molecule has 1 N–H and O–H groups in total. The van der Waals surface area contributed by atoms with Crippen LogP contribution in [-0.4, -0.2) is 42.0 Å². The quantitative estimate of drug-likeness (QED) is 0.827. The molecule has 1 aromatic heterocycles. The Morgan fingerprint density at radius 3 is 2.76 bits per heavy atom. The molecule has 116 valence electrons. The molecule has 5 heteroatoms. The summed E-state index contributed by atoms with van der Waals surface area (Å²) >= 11 is 3.33. The normalized spacial score (nSPS) is 23.0. The first-order valence-electron chi connectivity index (χ1n) is 7.65. The van der Waals surface area contributed by atoms with Crippen molar-refractivity contribution in [3.8, 4) is 0 Å². The Hall–Kier alpha value is -0.940. The molecule has 0 aliphatic carbocycles. The van der Waals surface area contributed by atoms with Gasteiger partial charge in [0.1, 0.15) is 0 Å². The van der Waals surface area contributed by atoms with Gasteiger partial charge in [-0.05, 0) is 53.2 Å². The number of carbonyl (C=O) groups is 1. The van der Waals surface area contributed by atoms with Gasteiger partial charge in [0.15, 0.2) is 0 Å². The monoisotopic (exact) mass is 353 g/mol. The van der Waals surface area contributed by atoms with Gasteiger partial charge in [0, 0.05) is 36.5 Å². The van der Waals surface area contributed by atoms with Crippen LogP contribution in [0.15, 0.2) is 22.9 Å². The summed E-state index contributed by atoms with van der Waals surface area (Å²) in [5, 5.41) is 2.96. The van der Waals surface area contributed by atoms with Crippen LogP contribution in [0.4, 0.5) is 0 Å². The third-order valence-electron chi connectivity index (χ3n) is 3.85. The predicted octanol–water partition coefficient (Wildman–Crippen LogP) is 2.94. The number of aromatic nitrogens is 1. The van der Waals surface area contributed by atoms with Crippen molar-refractivity contribution >= 4 is 21.8 Å². The molecule has 1 saturated heterocycles. The van der Waals surface area contributed by atoms with E-state index in [1.54, 1.807) is 18.5 Å². The predicted molar refractivity (Wildman–Crippen MR) is 88.3 cm³/mol. The second-order valence-electron chi connectivity index (χ2n) is 6.21. The molecule has 1 fully saturated rings. The zero-order valence-corrected chi connectivity index (χ0v) is 14.4. The van der Waals surface area contributed by atoms with Gasteiger partial charge in [-0.3, -0.25) is 9.78 Å². The van der Waals surface area contributed by atoms with Crippen molar-refractivity contribution in [2.24, 2.45) is 11.8 Å². The van der Waals surface area contributed by atoms with Crippen LogP contribution in [0.5, 0.6) is 0 Å². The van der Waals surface area contributed by atoms with Gasteiger partial charge < -0.3 is 10.2 Å². The first-order valence-corrected chi connectivity index (χ1v) is 8.45. The van der Waals surface area contributed by atoms with Crippen LogP contribution in [-0.2, 0) is 0 Å². The molecule has 0 radical (unpaired) electrons. The van der Waals surface area contributed by atoms with E-state index in [1.807, 2.05) is 0 Å². The Kier molecular flexibility index (Phi) is 6.18. The lowest BCUT2D eigenvalue weighted by Gasteiger charge is -2.34. The fraction of sp³-hybridized carbons (Fsp3) is 0.625. The average molecular weight is 354 g/mol. The van der Waals surface area contributed by atoms with E-state index in [9.17, 15) is 4.79 Å². The summed E-state index contributed by atoms with van der Waals surface area (Å²) in [5.74, 6) is 1.52. The largest absolute Gasteiger partial charge is 0.352 e. The van der Waals surface area contributed by atoms with Crippen molar-refractivity contribution in [1.29, 1.82) is 0 Å². The number of carbonyl (C=O) groups excluding carboxylic acids is 1. The number of hydrogen-bond acceptors (Lipinski definition) is 3. The van der Waals surface area contributed by atoms with Crippen molar-refractivity contribution in [2.75, 3.05) is 26.2 Å². The van der Waals surface area contributed by atoms with E-state index in [4.69, 9.17) is 0 Å². The second-order valence-corrected chi connectivity index (χ2v) is 7.12. The van der Waals surface area contributed by atoms with Crippen LogP contribution in [0.3, 0.4) is 0 Å². The molecule has 0 aromatic carbocycles. The van der Waals surface area contributed by atoms with Gasteiger partial charge in [-0.25, -0.2) is 0 Å². The standard InChI is InChI=1S/C16H24BrN3O/c1-12-6-13(2)11-20(10-12)5-3-4-19-16(21)14-7-15(17)9-18-8-14/h7-9,12-13H,3-6,10-11H2,1-2H3,(H,19,21)/t12-,13-/m1/s1. The van der Waals surface area contributed by atoms with E-state index in [0.29, 0.717) is 12.1 Å². The maximum Gasteiger partial charge on any atom is 0.252 e. The molecule has 1 aliphatic heterocycles. The van der Waals surface area contributed by atoms with E-state index in [-0.39, 0.29) is 5.91 Å². The highest BCUT2D eigenvalue weighted by Gasteiger charge is 2.21. The Morgan fingerprint density at radius 2 is 2.10 bits per heavy atom. The number of halogens is 1.